The molecule has 1 amide bonds. The van der Waals surface area contributed by atoms with Gasteiger partial charge in [-0.1, -0.05) is 41.9 Å². The van der Waals surface area contributed by atoms with Crippen LogP contribution in [0.3, 0.4) is 0 Å². The zero-order valence-electron chi connectivity index (χ0n) is 10.3. The molecule has 1 N–H and O–H groups in total. The number of benzene rings is 1. The Labute approximate surface area is 116 Å². The third kappa shape index (κ3) is 2.47. The highest BCUT2D eigenvalue weighted by Crippen LogP contribution is 2.26. The van der Waals surface area contributed by atoms with E-state index in [1.807, 2.05) is 18.2 Å². The minimum atomic E-state index is -0.0662. The number of rotatable bonds is 2. The Kier molecular flexibility index (Phi) is 3.22. The largest absolute Gasteiger partial charge is 0.351 e. The predicted molar refractivity (Wildman–Crippen MR) is 74.5 cm³/mol. The number of carbonyl (C=O) groups excluding carboxylic acids is 1. The topological polar surface area (TPSA) is 42.0 Å². The lowest BCUT2D eigenvalue weighted by molar-refractivity contribution is 0.0938. The smallest absolute Gasteiger partial charge is 0.253 e. The summed E-state index contributed by atoms with van der Waals surface area (Å²) in [4.78, 5) is 16.1. The lowest BCUT2D eigenvalue weighted by Gasteiger charge is -2.24. The van der Waals surface area contributed by atoms with Crippen LogP contribution in [0.15, 0.2) is 42.5 Å². The highest BCUT2D eigenvalue weighted by molar-refractivity contribution is 6.29. The Hall–Kier alpha value is -1.87. The summed E-state index contributed by atoms with van der Waals surface area (Å²) in [6, 6.07) is 13.6. The average molecular weight is 273 g/mol. The summed E-state index contributed by atoms with van der Waals surface area (Å²) in [5.41, 5.74) is 2.67. The lowest BCUT2D eigenvalue weighted by Crippen LogP contribution is -2.36. The molecule has 3 nitrogen and oxygen atoms in total. The van der Waals surface area contributed by atoms with Crippen LogP contribution in [0.4, 0.5) is 0 Å². The van der Waals surface area contributed by atoms with Gasteiger partial charge in [-0.25, -0.2) is 4.98 Å². The van der Waals surface area contributed by atoms with Gasteiger partial charge in [-0.15, -0.1) is 0 Å². The summed E-state index contributed by atoms with van der Waals surface area (Å²) in [6.07, 6.45) is 0.849. The van der Waals surface area contributed by atoms with E-state index in [0.29, 0.717) is 17.3 Å². The van der Waals surface area contributed by atoms with Gasteiger partial charge in [0.15, 0.2) is 0 Å². The SMILES string of the molecule is O=C1NCC(Cc2ccccc2)c2nc(Cl)ccc21. The number of hydrogen-bond acceptors (Lipinski definition) is 2. The third-order valence-electron chi connectivity index (χ3n) is 3.36. The number of nitrogens with one attached hydrogen (secondary N) is 1. The van der Waals surface area contributed by atoms with Gasteiger partial charge in [0.2, 0.25) is 0 Å². The van der Waals surface area contributed by atoms with Gasteiger partial charge in [0, 0.05) is 12.5 Å². The van der Waals surface area contributed by atoms with E-state index in [9.17, 15) is 4.79 Å². The number of halogens is 1. The first kappa shape index (κ1) is 12.2. The quantitative estimate of drug-likeness (QED) is 0.854. The van der Waals surface area contributed by atoms with Crippen molar-refractivity contribution in [2.45, 2.75) is 12.3 Å². The Morgan fingerprint density at radius 2 is 2.00 bits per heavy atom. The first-order valence-corrected chi connectivity index (χ1v) is 6.60. The molecule has 0 spiro atoms. The lowest BCUT2D eigenvalue weighted by atomic mass is 9.90. The molecule has 3 rings (SSSR count). The fourth-order valence-electron chi connectivity index (χ4n) is 2.43. The molecular formula is C15H13ClN2O. The van der Waals surface area contributed by atoms with Crippen LogP contribution in [-0.2, 0) is 6.42 Å². The van der Waals surface area contributed by atoms with Gasteiger partial charge in [0.25, 0.3) is 5.91 Å². The highest BCUT2D eigenvalue weighted by atomic mass is 35.5. The maximum Gasteiger partial charge on any atom is 0.253 e. The third-order valence-corrected chi connectivity index (χ3v) is 3.57. The average Bonchev–Trinajstić information content (AvgIpc) is 2.43. The highest BCUT2D eigenvalue weighted by Gasteiger charge is 2.26. The van der Waals surface area contributed by atoms with E-state index in [2.05, 4.69) is 22.4 Å². The predicted octanol–water partition coefficient (Wildman–Crippen LogP) is 2.80. The number of pyridine rings is 1. The molecule has 2 aromatic rings. The fraction of sp³-hybridized carbons (Fsp3) is 0.200. The van der Waals surface area contributed by atoms with Crippen LogP contribution < -0.4 is 5.32 Å². The molecule has 0 saturated heterocycles. The summed E-state index contributed by atoms with van der Waals surface area (Å²) in [5.74, 6) is 0.109. The summed E-state index contributed by atoms with van der Waals surface area (Å²) in [6.45, 7) is 0.605. The van der Waals surface area contributed by atoms with Crippen molar-refractivity contribution in [1.29, 1.82) is 0 Å². The Morgan fingerprint density at radius 3 is 2.79 bits per heavy atom. The number of carbonyl (C=O) groups is 1. The summed E-state index contributed by atoms with van der Waals surface area (Å²) in [7, 11) is 0. The van der Waals surface area contributed by atoms with E-state index in [0.717, 1.165) is 12.1 Å². The van der Waals surface area contributed by atoms with E-state index in [-0.39, 0.29) is 11.8 Å². The van der Waals surface area contributed by atoms with Crippen molar-refractivity contribution in [3.05, 3.63) is 64.4 Å². The van der Waals surface area contributed by atoms with E-state index >= 15 is 0 Å². The van der Waals surface area contributed by atoms with Crippen molar-refractivity contribution >= 4 is 17.5 Å². The number of aromatic nitrogens is 1. The Balaban J connectivity index is 1.95. The van der Waals surface area contributed by atoms with E-state index < -0.39 is 0 Å². The van der Waals surface area contributed by atoms with Gasteiger partial charge in [0.1, 0.15) is 5.15 Å². The first-order valence-electron chi connectivity index (χ1n) is 6.22. The van der Waals surface area contributed by atoms with Crippen LogP contribution in [-0.4, -0.2) is 17.4 Å². The molecule has 1 atom stereocenters. The van der Waals surface area contributed by atoms with Crippen LogP contribution >= 0.6 is 11.6 Å². The zero-order chi connectivity index (χ0) is 13.2. The van der Waals surface area contributed by atoms with E-state index in [4.69, 9.17) is 11.6 Å². The van der Waals surface area contributed by atoms with Gasteiger partial charge >= 0.3 is 0 Å². The summed E-state index contributed by atoms with van der Waals surface area (Å²) in [5, 5.41) is 3.34. The molecule has 2 heterocycles. The van der Waals surface area contributed by atoms with Crippen molar-refractivity contribution in [3.63, 3.8) is 0 Å². The molecule has 0 saturated carbocycles. The molecule has 1 aliphatic heterocycles. The minimum Gasteiger partial charge on any atom is -0.351 e. The molecule has 0 aliphatic carbocycles. The van der Waals surface area contributed by atoms with Crippen LogP contribution in [0, 0.1) is 0 Å². The van der Waals surface area contributed by atoms with Gasteiger partial charge in [-0.3, -0.25) is 4.79 Å². The monoisotopic (exact) mass is 272 g/mol. The van der Waals surface area contributed by atoms with Crippen molar-refractivity contribution in [3.8, 4) is 0 Å². The van der Waals surface area contributed by atoms with Crippen molar-refractivity contribution in [2.24, 2.45) is 0 Å². The van der Waals surface area contributed by atoms with Crippen LogP contribution in [0.1, 0.15) is 27.5 Å². The molecule has 0 fully saturated rings. The van der Waals surface area contributed by atoms with Crippen LogP contribution in [0.5, 0.6) is 0 Å². The maximum absolute atomic E-state index is 11.8. The molecule has 1 unspecified atom stereocenters. The fourth-order valence-corrected chi connectivity index (χ4v) is 2.58. The molecular weight excluding hydrogens is 260 g/mol. The second-order valence-corrected chi connectivity index (χ2v) is 5.05. The molecule has 19 heavy (non-hydrogen) atoms. The second kappa shape index (κ2) is 5.02. The number of amides is 1. The van der Waals surface area contributed by atoms with Crippen molar-refractivity contribution in [1.82, 2.24) is 10.3 Å². The minimum absolute atomic E-state index is 0.0662. The second-order valence-electron chi connectivity index (χ2n) is 4.66. The van der Waals surface area contributed by atoms with Crippen molar-refractivity contribution in [2.75, 3.05) is 6.54 Å². The number of fused-ring (bicyclic) bond motifs is 1. The van der Waals surface area contributed by atoms with Crippen molar-refractivity contribution < 1.29 is 4.79 Å². The van der Waals surface area contributed by atoms with Gasteiger partial charge in [-0.2, -0.15) is 0 Å². The van der Waals surface area contributed by atoms with Gasteiger partial charge in [-0.05, 0) is 24.1 Å². The zero-order valence-corrected chi connectivity index (χ0v) is 11.0. The number of hydrogen-bond donors (Lipinski definition) is 1. The van der Waals surface area contributed by atoms with Crippen LogP contribution in [0.2, 0.25) is 5.15 Å². The Bertz CT molecular complexity index is 613. The van der Waals surface area contributed by atoms with Crippen LogP contribution in [0.25, 0.3) is 0 Å². The number of nitrogens with zero attached hydrogens (tertiary/aromatic N) is 1. The normalized spacial score (nSPS) is 17.7. The molecule has 1 aromatic carbocycles. The molecule has 0 radical (unpaired) electrons. The standard InChI is InChI=1S/C15H13ClN2O/c16-13-7-6-12-14(18-13)11(9-17-15(12)19)8-10-4-2-1-3-5-10/h1-7,11H,8-9H2,(H,17,19). The molecule has 0 bridgehead atoms. The van der Waals surface area contributed by atoms with E-state index in [1.54, 1.807) is 12.1 Å². The molecule has 4 heteroatoms. The summed E-state index contributed by atoms with van der Waals surface area (Å²) < 4.78 is 0. The van der Waals surface area contributed by atoms with Gasteiger partial charge in [0.05, 0.1) is 11.3 Å². The maximum atomic E-state index is 11.8. The summed E-state index contributed by atoms with van der Waals surface area (Å²) >= 11 is 5.95. The molecule has 96 valence electrons. The Morgan fingerprint density at radius 1 is 1.21 bits per heavy atom. The first-order chi connectivity index (χ1) is 9.24. The molecule has 1 aliphatic rings. The molecule has 1 aromatic heterocycles. The van der Waals surface area contributed by atoms with Gasteiger partial charge < -0.3 is 5.32 Å². The van der Waals surface area contributed by atoms with E-state index in [1.165, 1.54) is 5.56 Å².